The minimum atomic E-state index is -0.383. The molecule has 1 N–H and O–H groups in total. The maximum Gasteiger partial charge on any atom is 0.294 e. The lowest BCUT2D eigenvalue weighted by molar-refractivity contribution is -0.384. The molecule has 0 saturated heterocycles. The molecule has 0 saturated carbocycles. The summed E-state index contributed by atoms with van der Waals surface area (Å²) >= 11 is 6.16. The molecule has 1 unspecified atom stereocenters. The second-order valence-corrected chi connectivity index (χ2v) is 7.53. The van der Waals surface area contributed by atoms with Gasteiger partial charge in [-0.25, -0.2) is 0 Å². The second-order valence-electron chi connectivity index (χ2n) is 7.10. The first-order valence-corrected chi connectivity index (χ1v) is 9.49. The number of benzene rings is 2. The number of rotatable bonds is 5. The molecule has 148 valence electrons. The fourth-order valence-electron chi connectivity index (χ4n) is 3.42. The van der Waals surface area contributed by atoms with Crippen LogP contribution < -0.4 is 10.1 Å². The number of halogens is 1. The topological polar surface area (TPSA) is 67.6 Å². The molecule has 0 aliphatic carbocycles. The second kappa shape index (κ2) is 8.63. The van der Waals surface area contributed by atoms with Gasteiger partial charge in [-0.05, 0) is 43.2 Å². The molecule has 0 radical (unpaired) electrons. The summed E-state index contributed by atoms with van der Waals surface area (Å²) in [4.78, 5) is 13.4. The normalized spacial score (nSPS) is 16.5. The summed E-state index contributed by atoms with van der Waals surface area (Å²) in [7, 11) is 1.64. The number of hydrogen-bond acceptors (Lipinski definition) is 5. The van der Waals surface area contributed by atoms with Crippen molar-refractivity contribution in [2.24, 2.45) is 0 Å². The van der Waals surface area contributed by atoms with Crippen LogP contribution in [0.15, 0.2) is 48.0 Å². The zero-order chi connectivity index (χ0) is 20.3. The Bertz CT molecular complexity index is 893. The van der Waals surface area contributed by atoms with E-state index in [0.717, 1.165) is 23.4 Å². The van der Waals surface area contributed by atoms with Crippen LogP contribution in [0.3, 0.4) is 0 Å². The van der Waals surface area contributed by atoms with Crippen LogP contribution in [0.4, 0.5) is 11.4 Å². The quantitative estimate of drug-likeness (QED) is 0.424. The lowest BCUT2D eigenvalue weighted by Crippen LogP contribution is -2.31. The Morgan fingerprint density at radius 1 is 1.36 bits per heavy atom. The van der Waals surface area contributed by atoms with Gasteiger partial charge < -0.3 is 10.1 Å². The van der Waals surface area contributed by atoms with Crippen molar-refractivity contribution >= 4 is 23.0 Å². The Hall–Kier alpha value is -2.57. The largest absolute Gasteiger partial charge is 0.497 e. The van der Waals surface area contributed by atoms with Gasteiger partial charge in [0.25, 0.3) is 5.69 Å². The molecular weight excluding hydrogens is 378 g/mol. The van der Waals surface area contributed by atoms with Gasteiger partial charge in [-0.2, -0.15) is 0 Å². The Kier molecular flexibility index (Phi) is 6.21. The maximum absolute atomic E-state index is 11.5. The Balaban J connectivity index is 2.01. The van der Waals surface area contributed by atoms with Gasteiger partial charge >= 0.3 is 0 Å². The molecule has 0 spiro atoms. The van der Waals surface area contributed by atoms with Crippen molar-refractivity contribution in [3.05, 3.63) is 74.3 Å². The SMILES string of the molecule is COc1ccc(C2CNc3c(cc(Cl)cc3[N+](=O)[O-])CN2CC=C(C)C)cc1. The number of allylic oxidation sites excluding steroid dienone is 1. The van der Waals surface area contributed by atoms with E-state index >= 15 is 0 Å². The molecule has 7 heteroatoms. The van der Waals surface area contributed by atoms with Crippen molar-refractivity contribution in [3.8, 4) is 5.75 Å². The maximum atomic E-state index is 11.5. The predicted molar refractivity (Wildman–Crippen MR) is 112 cm³/mol. The molecule has 0 amide bonds. The zero-order valence-electron chi connectivity index (χ0n) is 16.2. The number of fused-ring (bicyclic) bond motifs is 1. The molecular formula is C21H24ClN3O3. The van der Waals surface area contributed by atoms with E-state index in [0.29, 0.717) is 23.8 Å². The van der Waals surface area contributed by atoms with Gasteiger partial charge in [-0.1, -0.05) is 35.4 Å². The van der Waals surface area contributed by atoms with E-state index in [-0.39, 0.29) is 16.7 Å². The standard InChI is InChI=1S/C21H24ClN3O3/c1-14(2)8-9-24-13-16-10-17(22)11-19(25(26)27)21(16)23-12-20(24)15-4-6-18(28-3)7-5-15/h4-8,10-11,20,23H,9,12-13H2,1-3H3. The summed E-state index contributed by atoms with van der Waals surface area (Å²) < 4.78 is 5.26. The zero-order valence-corrected chi connectivity index (χ0v) is 17.0. The van der Waals surface area contributed by atoms with Crippen LogP contribution in [0, 0.1) is 10.1 Å². The number of anilines is 1. The minimum absolute atomic E-state index is 0.0139. The monoisotopic (exact) mass is 401 g/mol. The number of methoxy groups -OCH3 is 1. The van der Waals surface area contributed by atoms with E-state index in [2.05, 4.69) is 30.1 Å². The first-order valence-electron chi connectivity index (χ1n) is 9.11. The van der Waals surface area contributed by atoms with Crippen LogP contribution in [0.5, 0.6) is 5.75 Å². The van der Waals surface area contributed by atoms with Crippen LogP contribution in [-0.4, -0.2) is 30.0 Å². The van der Waals surface area contributed by atoms with Gasteiger partial charge in [0.2, 0.25) is 0 Å². The molecule has 1 heterocycles. The molecule has 28 heavy (non-hydrogen) atoms. The Morgan fingerprint density at radius 2 is 2.07 bits per heavy atom. The average molecular weight is 402 g/mol. The fraction of sp³-hybridized carbons (Fsp3) is 0.333. The summed E-state index contributed by atoms with van der Waals surface area (Å²) in [5.41, 5.74) is 3.74. The van der Waals surface area contributed by atoms with E-state index in [9.17, 15) is 10.1 Å². The van der Waals surface area contributed by atoms with Crippen molar-refractivity contribution in [1.29, 1.82) is 0 Å². The molecule has 2 aromatic carbocycles. The molecule has 1 aliphatic heterocycles. The highest BCUT2D eigenvalue weighted by molar-refractivity contribution is 6.31. The van der Waals surface area contributed by atoms with Crippen LogP contribution in [0.2, 0.25) is 5.02 Å². The third-order valence-corrected chi connectivity index (χ3v) is 5.10. The molecule has 1 aliphatic rings. The molecule has 6 nitrogen and oxygen atoms in total. The molecule has 0 aromatic heterocycles. The number of nitro benzene ring substituents is 1. The molecule has 0 fully saturated rings. The molecule has 2 aromatic rings. The molecule has 0 bridgehead atoms. The first-order chi connectivity index (χ1) is 13.4. The predicted octanol–water partition coefficient (Wildman–Crippen LogP) is 5.19. The number of ether oxygens (including phenoxy) is 1. The van der Waals surface area contributed by atoms with Crippen molar-refractivity contribution in [2.75, 3.05) is 25.5 Å². The van der Waals surface area contributed by atoms with Crippen LogP contribution >= 0.6 is 11.6 Å². The number of nitro groups is 1. The smallest absolute Gasteiger partial charge is 0.294 e. The lowest BCUT2D eigenvalue weighted by Gasteiger charge is -2.29. The highest BCUT2D eigenvalue weighted by Gasteiger charge is 2.29. The van der Waals surface area contributed by atoms with Crippen molar-refractivity contribution < 1.29 is 9.66 Å². The van der Waals surface area contributed by atoms with Crippen molar-refractivity contribution in [3.63, 3.8) is 0 Å². The van der Waals surface area contributed by atoms with Gasteiger partial charge in [0.1, 0.15) is 11.4 Å². The Labute approximate surface area is 169 Å². The van der Waals surface area contributed by atoms with Gasteiger partial charge in [0.15, 0.2) is 0 Å². The highest BCUT2D eigenvalue weighted by atomic mass is 35.5. The van der Waals surface area contributed by atoms with E-state index in [4.69, 9.17) is 16.3 Å². The van der Waals surface area contributed by atoms with Gasteiger partial charge in [-0.15, -0.1) is 0 Å². The number of nitrogens with one attached hydrogen (secondary N) is 1. The van der Waals surface area contributed by atoms with E-state index in [1.54, 1.807) is 7.11 Å². The summed E-state index contributed by atoms with van der Waals surface area (Å²) in [6.07, 6.45) is 2.17. The first kappa shape index (κ1) is 20.2. The summed E-state index contributed by atoms with van der Waals surface area (Å²) in [6, 6.07) is 11.2. The lowest BCUT2D eigenvalue weighted by atomic mass is 10.0. The van der Waals surface area contributed by atoms with Gasteiger partial charge in [0, 0.05) is 30.7 Å². The van der Waals surface area contributed by atoms with Crippen molar-refractivity contribution in [2.45, 2.75) is 26.4 Å². The van der Waals surface area contributed by atoms with E-state index in [1.807, 2.05) is 30.3 Å². The van der Waals surface area contributed by atoms with Gasteiger partial charge in [-0.3, -0.25) is 15.0 Å². The summed E-state index contributed by atoms with van der Waals surface area (Å²) in [5.74, 6) is 0.798. The van der Waals surface area contributed by atoms with Crippen LogP contribution in [-0.2, 0) is 6.54 Å². The average Bonchev–Trinajstić information content (AvgIpc) is 2.84. The number of nitrogens with zero attached hydrogens (tertiary/aromatic N) is 2. The fourth-order valence-corrected chi connectivity index (χ4v) is 3.66. The highest BCUT2D eigenvalue weighted by Crippen LogP contribution is 2.37. The van der Waals surface area contributed by atoms with Crippen molar-refractivity contribution in [1.82, 2.24) is 4.90 Å². The number of hydrogen-bond donors (Lipinski definition) is 1. The van der Waals surface area contributed by atoms with E-state index < -0.39 is 0 Å². The Morgan fingerprint density at radius 3 is 2.68 bits per heavy atom. The third kappa shape index (κ3) is 4.46. The minimum Gasteiger partial charge on any atom is -0.497 e. The van der Waals surface area contributed by atoms with Crippen LogP contribution in [0.1, 0.15) is 31.0 Å². The molecule has 3 rings (SSSR count). The van der Waals surface area contributed by atoms with Crippen LogP contribution in [0.25, 0.3) is 0 Å². The third-order valence-electron chi connectivity index (χ3n) is 4.88. The summed E-state index contributed by atoms with van der Waals surface area (Å²) in [6.45, 7) is 5.98. The van der Waals surface area contributed by atoms with Gasteiger partial charge in [0.05, 0.1) is 18.1 Å². The molecule has 1 atom stereocenters. The summed E-state index contributed by atoms with van der Waals surface area (Å²) in [5, 5.41) is 15.2. The van der Waals surface area contributed by atoms with E-state index in [1.165, 1.54) is 11.6 Å².